The Kier molecular flexibility index (Phi) is 4.57. The first-order valence-corrected chi connectivity index (χ1v) is 7.81. The molecular weight excluding hydrogens is 262 g/mol. The highest BCUT2D eigenvalue weighted by atomic mass is 16.3. The van der Waals surface area contributed by atoms with Gasteiger partial charge in [0, 0.05) is 0 Å². The quantitative estimate of drug-likeness (QED) is 0.832. The second-order valence-electron chi connectivity index (χ2n) is 6.84. The minimum absolute atomic E-state index is 0.161. The lowest BCUT2D eigenvalue weighted by Gasteiger charge is -2.24. The summed E-state index contributed by atoms with van der Waals surface area (Å²) in [6.07, 6.45) is 1.80. The van der Waals surface area contributed by atoms with Gasteiger partial charge in [0.2, 0.25) is 0 Å². The van der Waals surface area contributed by atoms with E-state index in [2.05, 4.69) is 23.6 Å². The second kappa shape index (κ2) is 6.06. The normalized spacial score (nSPS) is 13.8. The number of aryl methyl sites for hydroxylation is 1. The highest BCUT2D eigenvalue weighted by molar-refractivity contribution is 5.73. The summed E-state index contributed by atoms with van der Waals surface area (Å²) in [6, 6.07) is 8.23. The molecule has 0 aliphatic heterocycles. The van der Waals surface area contributed by atoms with Crippen LogP contribution in [0.2, 0.25) is 0 Å². The van der Waals surface area contributed by atoms with Crippen molar-refractivity contribution < 1.29 is 9.67 Å². The molecule has 0 saturated carbocycles. The van der Waals surface area contributed by atoms with Crippen LogP contribution in [0, 0.1) is 5.41 Å². The fourth-order valence-electron chi connectivity index (χ4n) is 2.50. The monoisotopic (exact) mass is 290 g/mol. The van der Waals surface area contributed by atoms with Crippen molar-refractivity contribution in [1.82, 2.24) is 4.57 Å². The Morgan fingerprint density at radius 2 is 1.95 bits per heavy atom. The van der Waals surface area contributed by atoms with Gasteiger partial charge in [-0.05, 0) is 24.0 Å². The molecule has 0 radical (unpaired) electrons. The van der Waals surface area contributed by atoms with Gasteiger partial charge >= 0.3 is 5.95 Å². The van der Waals surface area contributed by atoms with Gasteiger partial charge in [-0.15, -0.1) is 0 Å². The van der Waals surface area contributed by atoms with E-state index >= 15 is 0 Å². The first-order valence-electron chi connectivity index (χ1n) is 7.81. The molecule has 3 N–H and O–H groups in total. The van der Waals surface area contributed by atoms with Gasteiger partial charge in [0.25, 0.3) is 0 Å². The fraction of sp³-hybridized carbons (Fsp3) is 0.588. The lowest BCUT2D eigenvalue weighted by Crippen LogP contribution is -2.46. The van der Waals surface area contributed by atoms with Crippen molar-refractivity contribution in [1.29, 1.82) is 0 Å². The van der Waals surface area contributed by atoms with E-state index in [4.69, 9.17) is 5.73 Å². The third-order valence-electron chi connectivity index (χ3n) is 4.11. The standard InChI is InChI=1S/C17H27N3O/c1-5-6-11-19-13-9-7-8-10-14(13)20(16(19)18)12-15(21)17(2,3)4/h7-10,15,18,21H,5-6,11-12H2,1-4H3/p+1/t15-/m0/s1. The molecule has 1 heterocycles. The number of imidazole rings is 1. The minimum Gasteiger partial charge on any atom is -0.389 e. The first kappa shape index (κ1) is 15.8. The SMILES string of the molecule is CCCCn1c(N)[n+](C[C@H](O)C(C)(C)C)c2ccccc21. The van der Waals surface area contributed by atoms with E-state index in [-0.39, 0.29) is 5.41 Å². The Bertz CT molecular complexity index is 610. The number of hydrogen-bond acceptors (Lipinski definition) is 2. The number of aliphatic hydroxyl groups excluding tert-OH is 1. The fourth-order valence-corrected chi connectivity index (χ4v) is 2.50. The van der Waals surface area contributed by atoms with Crippen LogP contribution < -0.4 is 10.3 Å². The van der Waals surface area contributed by atoms with E-state index in [9.17, 15) is 5.11 Å². The molecule has 0 saturated heterocycles. The third kappa shape index (κ3) is 3.21. The lowest BCUT2D eigenvalue weighted by atomic mass is 9.89. The number of hydrogen-bond donors (Lipinski definition) is 2. The van der Waals surface area contributed by atoms with E-state index in [1.54, 1.807) is 0 Å². The predicted octanol–water partition coefficient (Wildman–Crippen LogP) is 2.72. The van der Waals surface area contributed by atoms with Crippen molar-refractivity contribution in [2.45, 2.75) is 59.7 Å². The number of nitrogens with two attached hydrogens (primary N) is 1. The number of fused-ring (bicyclic) bond motifs is 1. The molecule has 1 aromatic heterocycles. The van der Waals surface area contributed by atoms with Gasteiger partial charge in [0.05, 0.1) is 19.2 Å². The number of nitrogen functional groups attached to an aromatic ring is 1. The van der Waals surface area contributed by atoms with Crippen LogP contribution in [0.15, 0.2) is 24.3 Å². The summed E-state index contributed by atoms with van der Waals surface area (Å²) in [5, 5.41) is 10.4. The summed E-state index contributed by atoms with van der Waals surface area (Å²) in [4.78, 5) is 0. The summed E-state index contributed by atoms with van der Waals surface area (Å²) < 4.78 is 4.20. The number of aliphatic hydroxyl groups is 1. The molecule has 1 aromatic carbocycles. The van der Waals surface area contributed by atoms with E-state index < -0.39 is 6.10 Å². The molecule has 4 heteroatoms. The van der Waals surface area contributed by atoms with Crippen molar-refractivity contribution in [2.24, 2.45) is 5.41 Å². The Morgan fingerprint density at radius 1 is 1.29 bits per heavy atom. The number of para-hydroxylation sites is 2. The minimum atomic E-state index is -0.435. The Hall–Kier alpha value is -1.55. The van der Waals surface area contributed by atoms with Crippen LogP contribution in [-0.2, 0) is 13.1 Å². The third-order valence-corrected chi connectivity index (χ3v) is 4.11. The highest BCUT2D eigenvalue weighted by Crippen LogP contribution is 2.22. The number of anilines is 1. The Balaban J connectivity index is 2.46. The van der Waals surface area contributed by atoms with Crippen molar-refractivity contribution in [2.75, 3.05) is 5.73 Å². The molecule has 0 aliphatic rings. The molecule has 0 spiro atoms. The van der Waals surface area contributed by atoms with Crippen LogP contribution in [0.4, 0.5) is 5.95 Å². The molecule has 116 valence electrons. The largest absolute Gasteiger partial charge is 0.389 e. The highest BCUT2D eigenvalue weighted by Gasteiger charge is 2.28. The number of unbranched alkanes of at least 4 members (excludes halogenated alkanes) is 1. The van der Waals surface area contributed by atoms with Gasteiger partial charge in [-0.25, -0.2) is 9.13 Å². The summed E-state index contributed by atoms with van der Waals surface area (Å²) in [5.41, 5.74) is 8.44. The van der Waals surface area contributed by atoms with Crippen LogP contribution in [0.5, 0.6) is 0 Å². The van der Waals surface area contributed by atoms with Crippen LogP contribution in [-0.4, -0.2) is 15.8 Å². The van der Waals surface area contributed by atoms with Crippen LogP contribution in [0.25, 0.3) is 11.0 Å². The molecule has 0 unspecified atom stereocenters. The van der Waals surface area contributed by atoms with Crippen LogP contribution in [0.1, 0.15) is 40.5 Å². The molecular formula is C17H28N3O+. The van der Waals surface area contributed by atoms with Crippen molar-refractivity contribution in [3.63, 3.8) is 0 Å². The maximum atomic E-state index is 10.4. The molecule has 0 fully saturated rings. The molecule has 1 atom stereocenters. The first-order chi connectivity index (χ1) is 9.86. The lowest BCUT2D eigenvalue weighted by molar-refractivity contribution is -0.667. The summed E-state index contributed by atoms with van der Waals surface area (Å²) >= 11 is 0. The summed E-state index contributed by atoms with van der Waals surface area (Å²) in [5.74, 6) is 0.730. The van der Waals surface area contributed by atoms with E-state index in [1.165, 1.54) is 0 Å². The molecule has 0 bridgehead atoms. The van der Waals surface area contributed by atoms with Gasteiger partial charge < -0.3 is 5.11 Å². The van der Waals surface area contributed by atoms with E-state index in [1.807, 2.05) is 37.5 Å². The molecule has 0 aliphatic carbocycles. The number of rotatable bonds is 5. The molecule has 4 nitrogen and oxygen atoms in total. The van der Waals surface area contributed by atoms with E-state index in [0.717, 1.165) is 36.4 Å². The molecule has 21 heavy (non-hydrogen) atoms. The van der Waals surface area contributed by atoms with Gasteiger partial charge in [-0.3, -0.25) is 5.73 Å². The molecule has 2 rings (SSSR count). The van der Waals surface area contributed by atoms with Crippen molar-refractivity contribution >= 4 is 17.0 Å². The molecule has 0 amide bonds. The van der Waals surface area contributed by atoms with Gasteiger partial charge in [-0.2, -0.15) is 0 Å². The molecule has 2 aromatic rings. The zero-order valence-electron chi connectivity index (χ0n) is 13.6. The smallest absolute Gasteiger partial charge is 0.356 e. The maximum absolute atomic E-state index is 10.4. The summed E-state index contributed by atoms with van der Waals surface area (Å²) in [6.45, 7) is 9.76. The van der Waals surface area contributed by atoms with Gasteiger partial charge in [0.1, 0.15) is 11.0 Å². The number of aromatic nitrogens is 2. The average molecular weight is 290 g/mol. The maximum Gasteiger partial charge on any atom is 0.356 e. The summed E-state index contributed by atoms with van der Waals surface area (Å²) in [7, 11) is 0. The number of nitrogens with zero attached hydrogens (tertiary/aromatic N) is 2. The predicted molar refractivity (Wildman–Crippen MR) is 86.9 cm³/mol. The van der Waals surface area contributed by atoms with Crippen molar-refractivity contribution in [3.8, 4) is 0 Å². The van der Waals surface area contributed by atoms with Crippen molar-refractivity contribution in [3.05, 3.63) is 24.3 Å². The second-order valence-corrected chi connectivity index (χ2v) is 6.84. The zero-order valence-corrected chi connectivity index (χ0v) is 13.6. The van der Waals surface area contributed by atoms with E-state index in [0.29, 0.717) is 6.54 Å². The Morgan fingerprint density at radius 3 is 2.57 bits per heavy atom. The van der Waals surface area contributed by atoms with Gasteiger partial charge in [0.15, 0.2) is 0 Å². The van der Waals surface area contributed by atoms with Crippen LogP contribution in [0.3, 0.4) is 0 Å². The van der Waals surface area contributed by atoms with Gasteiger partial charge in [-0.1, -0.05) is 46.2 Å². The average Bonchev–Trinajstić information content (AvgIpc) is 2.69. The Labute approximate surface area is 127 Å². The zero-order chi connectivity index (χ0) is 15.6. The number of benzene rings is 1. The topological polar surface area (TPSA) is 55.1 Å². The van der Waals surface area contributed by atoms with Crippen LogP contribution >= 0.6 is 0 Å².